The summed E-state index contributed by atoms with van der Waals surface area (Å²) in [6.45, 7) is 4.73. The van der Waals surface area contributed by atoms with E-state index in [9.17, 15) is 4.79 Å². The SMILES string of the molecule is CCOC(CC)CCCC(=O)O. The maximum atomic E-state index is 10.2. The second-order valence-electron chi connectivity index (χ2n) is 2.77. The van der Waals surface area contributed by atoms with Gasteiger partial charge < -0.3 is 9.84 Å². The van der Waals surface area contributed by atoms with Crippen molar-refractivity contribution < 1.29 is 14.6 Å². The van der Waals surface area contributed by atoms with Crippen LogP contribution in [0.3, 0.4) is 0 Å². The number of carboxylic acids is 1. The lowest BCUT2D eigenvalue weighted by Gasteiger charge is -2.13. The minimum Gasteiger partial charge on any atom is -0.481 e. The molecule has 0 rings (SSSR count). The molecule has 0 aromatic rings. The number of aliphatic carboxylic acids is 1. The van der Waals surface area contributed by atoms with E-state index < -0.39 is 5.97 Å². The Hall–Kier alpha value is -0.570. The summed E-state index contributed by atoms with van der Waals surface area (Å²) in [5.41, 5.74) is 0. The van der Waals surface area contributed by atoms with Crippen molar-refractivity contribution in [1.29, 1.82) is 0 Å². The molecule has 0 aromatic heterocycles. The summed E-state index contributed by atoms with van der Waals surface area (Å²) in [7, 11) is 0. The fourth-order valence-electron chi connectivity index (χ4n) is 1.12. The summed E-state index contributed by atoms with van der Waals surface area (Å²) in [5, 5.41) is 8.39. The van der Waals surface area contributed by atoms with Crippen LogP contribution in [-0.2, 0) is 9.53 Å². The molecule has 3 nitrogen and oxygen atoms in total. The first kappa shape index (κ1) is 11.4. The smallest absolute Gasteiger partial charge is 0.303 e. The molecule has 3 heteroatoms. The molecule has 0 saturated carbocycles. The van der Waals surface area contributed by atoms with Crippen molar-refractivity contribution in [2.75, 3.05) is 6.61 Å². The Morgan fingerprint density at radius 2 is 2.17 bits per heavy atom. The zero-order valence-corrected chi connectivity index (χ0v) is 7.88. The normalized spacial score (nSPS) is 12.8. The van der Waals surface area contributed by atoms with Gasteiger partial charge in [0.05, 0.1) is 6.10 Å². The van der Waals surface area contributed by atoms with Crippen LogP contribution in [0.15, 0.2) is 0 Å². The van der Waals surface area contributed by atoms with Gasteiger partial charge in [-0.05, 0) is 26.2 Å². The highest BCUT2D eigenvalue weighted by Crippen LogP contribution is 2.08. The third-order valence-electron chi connectivity index (χ3n) is 1.77. The van der Waals surface area contributed by atoms with E-state index in [1.807, 2.05) is 6.92 Å². The second kappa shape index (κ2) is 7.10. The lowest BCUT2D eigenvalue weighted by Crippen LogP contribution is -2.12. The zero-order valence-electron chi connectivity index (χ0n) is 7.88. The molecule has 0 aromatic carbocycles. The van der Waals surface area contributed by atoms with Gasteiger partial charge in [-0.3, -0.25) is 4.79 Å². The molecule has 0 radical (unpaired) electrons. The molecule has 0 saturated heterocycles. The predicted octanol–water partition coefficient (Wildman–Crippen LogP) is 2.06. The molecule has 0 fully saturated rings. The van der Waals surface area contributed by atoms with E-state index in [0.717, 1.165) is 12.8 Å². The third-order valence-corrected chi connectivity index (χ3v) is 1.77. The van der Waals surface area contributed by atoms with Crippen LogP contribution >= 0.6 is 0 Å². The maximum absolute atomic E-state index is 10.2. The van der Waals surface area contributed by atoms with E-state index in [2.05, 4.69) is 6.92 Å². The first-order valence-electron chi connectivity index (χ1n) is 4.54. The van der Waals surface area contributed by atoms with Gasteiger partial charge in [0.25, 0.3) is 0 Å². The van der Waals surface area contributed by atoms with Crippen molar-refractivity contribution in [3.63, 3.8) is 0 Å². The summed E-state index contributed by atoms with van der Waals surface area (Å²) in [5.74, 6) is -0.721. The molecular formula is C9H18O3. The van der Waals surface area contributed by atoms with Crippen molar-refractivity contribution in [2.45, 2.75) is 45.6 Å². The van der Waals surface area contributed by atoms with E-state index in [4.69, 9.17) is 9.84 Å². The molecule has 0 heterocycles. The highest BCUT2D eigenvalue weighted by atomic mass is 16.5. The van der Waals surface area contributed by atoms with Gasteiger partial charge >= 0.3 is 5.97 Å². The van der Waals surface area contributed by atoms with Crippen molar-refractivity contribution in [1.82, 2.24) is 0 Å². The molecule has 0 amide bonds. The van der Waals surface area contributed by atoms with Crippen molar-refractivity contribution in [2.24, 2.45) is 0 Å². The highest BCUT2D eigenvalue weighted by Gasteiger charge is 2.06. The first-order valence-corrected chi connectivity index (χ1v) is 4.54. The highest BCUT2D eigenvalue weighted by molar-refractivity contribution is 5.66. The van der Waals surface area contributed by atoms with Crippen LogP contribution in [0.5, 0.6) is 0 Å². The van der Waals surface area contributed by atoms with E-state index in [0.29, 0.717) is 13.0 Å². The molecule has 0 spiro atoms. The van der Waals surface area contributed by atoms with Gasteiger partial charge in [0.2, 0.25) is 0 Å². The summed E-state index contributed by atoms with van der Waals surface area (Å²) in [4.78, 5) is 10.2. The minimum atomic E-state index is -0.721. The number of ether oxygens (including phenoxy) is 1. The Morgan fingerprint density at radius 3 is 2.58 bits per heavy atom. The molecule has 72 valence electrons. The van der Waals surface area contributed by atoms with Crippen LogP contribution in [0.4, 0.5) is 0 Å². The van der Waals surface area contributed by atoms with Crippen molar-refractivity contribution in [3.8, 4) is 0 Å². The largest absolute Gasteiger partial charge is 0.481 e. The Labute approximate surface area is 73.7 Å². The zero-order chi connectivity index (χ0) is 9.40. The van der Waals surface area contributed by atoms with Gasteiger partial charge in [-0.1, -0.05) is 6.92 Å². The Bertz CT molecular complexity index is 123. The van der Waals surface area contributed by atoms with Crippen molar-refractivity contribution in [3.05, 3.63) is 0 Å². The Balaban J connectivity index is 3.37. The van der Waals surface area contributed by atoms with Gasteiger partial charge in [-0.15, -0.1) is 0 Å². The quantitative estimate of drug-likeness (QED) is 0.642. The van der Waals surface area contributed by atoms with Gasteiger partial charge in [0, 0.05) is 13.0 Å². The molecule has 0 aliphatic rings. The summed E-state index contributed by atoms with van der Waals surface area (Å²) < 4.78 is 5.38. The lowest BCUT2D eigenvalue weighted by molar-refractivity contribution is -0.137. The van der Waals surface area contributed by atoms with E-state index in [1.54, 1.807) is 0 Å². The molecular weight excluding hydrogens is 156 g/mol. The van der Waals surface area contributed by atoms with Gasteiger partial charge in [-0.2, -0.15) is 0 Å². The fourth-order valence-corrected chi connectivity index (χ4v) is 1.12. The van der Waals surface area contributed by atoms with Crippen LogP contribution in [0.25, 0.3) is 0 Å². The van der Waals surface area contributed by atoms with E-state index in [-0.39, 0.29) is 12.5 Å². The molecule has 0 aliphatic heterocycles. The van der Waals surface area contributed by atoms with Crippen molar-refractivity contribution >= 4 is 5.97 Å². The van der Waals surface area contributed by atoms with Gasteiger partial charge in [0.1, 0.15) is 0 Å². The Kier molecular flexibility index (Phi) is 6.76. The number of hydrogen-bond donors (Lipinski definition) is 1. The first-order chi connectivity index (χ1) is 5.70. The number of rotatable bonds is 7. The molecule has 0 bridgehead atoms. The maximum Gasteiger partial charge on any atom is 0.303 e. The van der Waals surface area contributed by atoms with E-state index in [1.165, 1.54) is 0 Å². The van der Waals surface area contributed by atoms with Crippen LogP contribution in [0.2, 0.25) is 0 Å². The van der Waals surface area contributed by atoms with Crippen LogP contribution < -0.4 is 0 Å². The molecule has 1 N–H and O–H groups in total. The topological polar surface area (TPSA) is 46.5 Å². The van der Waals surface area contributed by atoms with Gasteiger partial charge in [0.15, 0.2) is 0 Å². The number of hydrogen-bond acceptors (Lipinski definition) is 2. The molecule has 12 heavy (non-hydrogen) atoms. The summed E-state index contributed by atoms with van der Waals surface area (Å²) in [6, 6.07) is 0. The van der Waals surface area contributed by atoms with Crippen LogP contribution in [0, 0.1) is 0 Å². The monoisotopic (exact) mass is 174 g/mol. The molecule has 1 atom stereocenters. The Morgan fingerprint density at radius 1 is 1.50 bits per heavy atom. The van der Waals surface area contributed by atoms with Crippen LogP contribution in [0.1, 0.15) is 39.5 Å². The molecule has 0 aliphatic carbocycles. The lowest BCUT2D eigenvalue weighted by atomic mass is 10.1. The van der Waals surface area contributed by atoms with E-state index >= 15 is 0 Å². The standard InChI is InChI=1S/C9H18O3/c1-3-8(12-4-2)6-5-7-9(10)11/h8H,3-7H2,1-2H3,(H,10,11). The summed E-state index contributed by atoms with van der Waals surface area (Å²) in [6.07, 6.45) is 3.04. The third kappa shape index (κ3) is 6.16. The fraction of sp³-hybridized carbons (Fsp3) is 0.889. The average Bonchev–Trinajstić information content (AvgIpc) is 2.02. The number of carboxylic acid groups (broad SMARTS) is 1. The number of carbonyl (C=O) groups is 1. The minimum absolute atomic E-state index is 0.245. The average molecular weight is 174 g/mol. The van der Waals surface area contributed by atoms with Crippen LogP contribution in [-0.4, -0.2) is 23.8 Å². The molecule has 1 unspecified atom stereocenters. The summed E-state index contributed by atoms with van der Waals surface area (Å²) >= 11 is 0. The van der Waals surface area contributed by atoms with Gasteiger partial charge in [-0.25, -0.2) is 0 Å². The second-order valence-corrected chi connectivity index (χ2v) is 2.77. The predicted molar refractivity (Wildman–Crippen MR) is 47.2 cm³/mol.